The summed E-state index contributed by atoms with van der Waals surface area (Å²) >= 11 is 0. The predicted octanol–water partition coefficient (Wildman–Crippen LogP) is 3.55. The lowest BCUT2D eigenvalue weighted by Crippen LogP contribution is -2.36. The summed E-state index contributed by atoms with van der Waals surface area (Å²) in [5, 5.41) is 16.1. The molecule has 1 saturated heterocycles. The van der Waals surface area contributed by atoms with Crippen molar-refractivity contribution in [3.8, 4) is 0 Å². The Bertz CT molecular complexity index is 1320. The fourth-order valence-corrected chi connectivity index (χ4v) is 9.19. The van der Waals surface area contributed by atoms with Gasteiger partial charge in [-0.1, -0.05) is 21.6 Å². The van der Waals surface area contributed by atoms with E-state index in [0.29, 0.717) is 50.0 Å². The number of hydroxylamine groups is 1. The highest BCUT2D eigenvalue weighted by Crippen LogP contribution is 2.66. The summed E-state index contributed by atoms with van der Waals surface area (Å²) < 4.78 is 57.5. The van der Waals surface area contributed by atoms with Crippen molar-refractivity contribution < 1.29 is 70.7 Å². The van der Waals surface area contributed by atoms with E-state index in [4.69, 9.17) is 19.3 Å². The highest BCUT2D eigenvalue weighted by Gasteiger charge is 2.42. The number of phosphoric acid groups is 3. The molecule has 0 bridgehead atoms. The van der Waals surface area contributed by atoms with Crippen molar-refractivity contribution >= 4 is 62.6 Å². The van der Waals surface area contributed by atoms with Crippen molar-refractivity contribution in [2.75, 3.05) is 37.7 Å². The van der Waals surface area contributed by atoms with Crippen LogP contribution < -0.4 is 15.7 Å². The summed E-state index contributed by atoms with van der Waals surface area (Å²) in [4.78, 5) is 60.8. The molecule has 0 aromatic heterocycles. The minimum atomic E-state index is -5.63. The summed E-state index contributed by atoms with van der Waals surface area (Å²) in [5.74, 6) is -0.176. The van der Waals surface area contributed by atoms with Crippen LogP contribution in [0.3, 0.4) is 0 Å². The summed E-state index contributed by atoms with van der Waals surface area (Å²) in [6.45, 7) is 5.82. The second kappa shape index (κ2) is 18.8. The van der Waals surface area contributed by atoms with E-state index in [2.05, 4.69) is 23.8 Å². The monoisotopic (exact) mass is 769 g/mol. The number of phosphoric ester groups is 1. The zero-order valence-corrected chi connectivity index (χ0v) is 30.4. The van der Waals surface area contributed by atoms with Crippen molar-refractivity contribution in [2.45, 2.75) is 69.5 Å². The molecule has 23 heteroatoms. The summed E-state index contributed by atoms with van der Waals surface area (Å²) in [6, 6.07) is 6.47. The van der Waals surface area contributed by atoms with E-state index in [9.17, 15) is 38.3 Å². The van der Waals surface area contributed by atoms with Crippen LogP contribution in [0.5, 0.6) is 0 Å². The number of amides is 2. The first-order valence-corrected chi connectivity index (χ1v) is 20.9. The average molecular weight is 770 g/mol. The molecule has 2 rings (SSSR count). The van der Waals surface area contributed by atoms with Gasteiger partial charge in [-0.2, -0.15) is 8.62 Å². The van der Waals surface area contributed by atoms with Gasteiger partial charge in [0.05, 0.1) is 24.5 Å². The van der Waals surface area contributed by atoms with Crippen molar-refractivity contribution in [1.29, 1.82) is 0 Å². The van der Waals surface area contributed by atoms with Crippen molar-refractivity contribution in [3.63, 3.8) is 0 Å². The largest absolute Gasteiger partial charge is 0.490 e. The number of rotatable bonds is 21. The summed E-state index contributed by atoms with van der Waals surface area (Å²) in [6.07, 6.45) is 0.173. The molecular weight excluding hydrogens is 727 g/mol. The Hall–Kier alpha value is -1.05. The maximum Gasteiger partial charge on any atom is 0.490 e. The highest BCUT2D eigenvalue weighted by molar-refractivity contribution is 8.77. The van der Waals surface area contributed by atoms with Crippen molar-refractivity contribution in [2.24, 2.45) is 0 Å². The van der Waals surface area contributed by atoms with Crippen LogP contribution in [-0.2, 0) is 41.1 Å². The van der Waals surface area contributed by atoms with E-state index in [0.717, 1.165) is 5.06 Å². The Morgan fingerprint density at radius 3 is 2.32 bits per heavy atom. The molecule has 1 aliphatic rings. The topological polar surface area (TPSA) is 260 Å². The van der Waals surface area contributed by atoms with Gasteiger partial charge in [-0.25, -0.2) is 13.7 Å². The van der Waals surface area contributed by atoms with Gasteiger partial charge in [-0.15, -0.1) is 0 Å². The fraction of sp³-hybridized carbons (Fsp3) is 0.667. The standard InChI is InChI=1S/C24H42N3O15P3S2/c1-17-13-20(21(40-17)14-39-44(34,35)42-45(36,37)41-43(31,32)33)38-16-46-47-24(2,3)15-26-22(28)7-5-6-12-25-23(29)18-8-10-19(11-9-18)27(4)30/h8-11,17,20-21,30H,5-7,12-16H2,1-4H3,(H,25,29)(H,26,28)(H,34,35)(H,36,37)(H2,31,32,33)/t17-,20?,21+/m0/s1. The molecule has 5 atom stereocenters. The lowest BCUT2D eigenvalue weighted by Gasteiger charge is -2.24. The minimum Gasteiger partial charge on any atom is -0.370 e. The Morgan fingerprint density at radius 2 is 1.70 bits per heavy atom. The second-order valence-electron chi connectivity index (χ2n) is 11.0. The van der Waals surface area contributed by atoms with E-state index >= 15 is 0 Å². The molecule has 47 heavy (non-hydrogen) atoms. The number of nitrogens with zero attached hydrogens (tertiary/aromatic N) is 1. The maximum atomic E-state index is 12.3. The number of ether oxygens (including phenoxy) is 2. The Morgan fingerprint density at radius 1 is 1.04 bits per heavy atom. The molecule has 2 amide bonds. The van der Waals surface area contributed by atoms with Gasteiger partial charge >= 0.3 is 23.5 Å². The average Bonchev–Trinajstić information content (AvgIpc) is 3.30. The van der Waals surface area contributed by atoms with Gasteiger partial charge in [0, 0.05) is 43.3 Å². The molecule has 18 nitrogen and oxygen atoms in total. The lowest BCUT2D eigenvalue weighted by molar-refractivity contribution is -0.121. The second-order valence-corrected chi connectivity index (χ2v) is 18.3. The third kappa shape index (κ3) is 17.4. The molecule has 1 aliphatic heterocycles. The number of hydrogen-bond donors (Lipinski definition) is 7. The van der Waals surface area contributed by atoms with Crippen LogP contribution in [0, 0.1) is 0 Å². The van der Waals surface area contributed by atoms with Crippen LogP contribution in [0.4, 0.5) is 5.69 Å². The zero-order valence-electron chi connectivity index (χ0n) is 26.1. The zero-order chi connectivity index (χ0) is 35.5. The van der Waals surface area contributed by atoms with E-state index in [-0.39, 0.29) is 28.6 Å². The van der Waals surface area contributed by atoms with Crippen LogP contribution in [0.15, 0.2) is 24.3 Å². The molecule has 0 radical (unpaired) electrons. The number of carbonyl (C=O) groups is 2. The van der Waals surface area contributed by atoms with Gasteiger partial charge in [-0.05, 0) is 57.9 Å². The van der Waals surface area contributed by atoms with Gasteiger partial charge in [0.1, 0.15) is 12.0 Å². The number of nitrogens with one attached hydrogen (secondary N) is 2. The van der Waals surface area contributed by atoms with E-state index < -0.39 is 42.3 Å². The molecular formula is C24H42N3O15P3S2. The molecule has 270 valence electrons. The first-order valence-electron chi connectivity index (χ1n) is 14.1. The summed E-state index contributed by atoms with van der Waals surface area (Å²) in [5.41, 5.74) is 1.02. The Labute approximate surface area is 280 Å². The third-order valence-electron chi connectivity index (χ3n) is 6.15. The molecule has 1 aromatic rings. The predicted molar refractivity (Wildman–Crippen MR) is 174 cm³/mol. The number of carbonyl (C=O) groups excluding carboxylic acids is 2. The van der Waals surface area contributed by atoms with Gasteiger partial charge < -0.3 is 39.7 Å². The van der Waals surface area contributed by atoms with Crippen LogP contribution in [0.25, 0.3) is 0 Å². The van der Waals surface area contributed by atoms with E-state index in [1.165, 1.54) is 28.6 Å². The van der Waals surface area contributed by atoms with Crippen LogP contribution in [0.1, 0.15) is 56.8 Å². The number of hydrogen-bond acceptors (Lipinski definition) is 14. The normalized spacial score (nSPS) is 21.1. The molecule has 1 heterocycles. The first-order chi connectivity index (χ1) is 21.7. The van der Waals surface area contributed by atoms with Gasteiger partial charge in [0.2, 0.25) is 5.91 Å². The molecule has 3 unspecified atom stereocenters. The minimum absolute atomic E-state index is 0.120. The van der Waals surface area contributed by atoms with Crippen LogP contribution in [-0.4, -0.2) is 92.3 Å². The van der Waals surface area contributed by atoms with E-state index in [1.54, 1.807) is 31.2 Å². The SMILES string of the molecule is C[C@H]1CC(OCSSC(C)(C)CNC(=O)CCCCNC(=O)c2ccc(N(C)O)cc2)[C@@H](COP(=O)(O)OP(=O)(O)OP(=O)(O)O)O1. The first kappa shape index (κ1) is 42.1. The molecule has 1 aromatic carbocycles. The number of unbranched alkanes of at least 4 members (excludes halogenated alkanes) is 1. The maximum absolute atomic E-state index is 12.3. The smallest absolute Gasteiger partial charge is 0.370 e. The molecule has 1 fully saturated rings. The lowest BCUT2D eigenvalue weighted by atomic mass is 10.1. The van der Waals surface area contributed by atoms with Crippen molar-refractivity contribution in [1.82, 2.24) is 10.6 Å². The van der Waals surface area contributed by atoms with Gasteiger partial charge in [0.15, 0.2) is 0 Å². The Balaban J connectivity index is 1.64. The molecule has 0 spiro atoms. The Kier molecular flexibility index (Phi) is 16.9. The molecule has 0 saturated carbocycles. The molecule has 0 aliphatic carbocycles. The van der Waals surface area contributed by atoms with E-state index in [1.807, 2.05) is 13.8 Å². The van der Waals surface area contributed by atoms with Gasteiger partial charge in [0.25, 0.3) is 5.91 Å². The molecule has 7 N–H and O–H groups in total. The number of benzene rings is 1. The van der Waals surface area contributed by atoms with Gasteiger partial charge in [-0.3, -0.25) is 24.4 Å². The quantitative estimate of drug-likeness (QED) is 0.0310. The fourth-order valence-electron chi connectivity index (χ4n) is 3.98. The highest BCUT2D eigenvalue weighted by atomic mass is 33.1. The van der Waals surface area contributed by atoms with Crippen LogP contribution in [0.2, 0.25) is 0 Å². The third-order valence-corrected chi connectivity index (χ3v) is 12.9. The van der Waals surface area contributed by atoms with Crippen LogP contribution >= 0.6 is 45.1 Å². The number of anilines is 1. The van der Waals surface area contributed by atoms with Crippen molar-refractivity contribution in [3.05, 3.63) is 29.8 Å². The summed E-state index contributed by atoms with van der Waals surface area (Å²) in [7, 11) is -12.1.